The van der Waals surface area contributed by atoms with Crippen molar-refractivity contribution in [2.75, 3.05) is 31.1 Å². The van der Waals surface area contributed by atoms with Crippen LogP contribution in [0.3, 0.4) is 0 Å². The Bertz CT molecular complexity index is 1120. The van der Waals surface area contributed by atoms with E-state index in [0.29, 0.717) is 42.7 Å². The Morgan fingerprint density at radius 1 is 1.04 bits per heavy atom. The number of para-hydroxylation sites is 1. The Labute approximate surface area is 169 Å². The normalized spacial score (nSPS) is 15.9. The number of hydrogen-bond donors (Lipinski definition) is 0. The van der Waals surface area contributed by atoms with Crippen LogP contribution in [0.4, 0.5) is 5.82 Å². The molecule has 0 atom stereocenters. The molecule has 1 aliphatic heterocycles. The number of fused-ring (bicyclic) bond motifs is 1. The summed E-state index contributed by atoms with van der Waals surface area (Å²) < 4.78 is 28.0. The molecule has 3 aromatic rings. The second-order valence-electron chi connectivity index (χ2n) is 6.83. The summed E-state index contributed by atoms with van der Waals surface area (Å²) in [6.45, 7) is 5.52. The second-order valence-corrected chi connectivity index (χ2v) is 9.12. The van der Waals surface area contributed by atoms with Gasteiger partial charge in [0.1, 0.15) is 21.7 Å². The van der Waals surface area contributed by atoms with Gasteiger partial charge in [0.25, 0.3) is 0 Å². The Kier molecular flexibility index (Phi) is 4.95. The molecule has 1 aromatic carbocycles. The zero-order valence-corrected chi connectivity index (χ0v) is 17.2. The molecule has 0 unspecified atom stereocenters. The maximum absolute atomic E-state index is 13.3. The predicted octanol–water partition coefficient (Wildman–Crippen LogP) is 2.81. The molecule has 0 N–H and O–H groups in total. The van der Waals surface area contributed by atoms with Crippen molar-refractivity contribution in [2.45, 2.75) is 18.7 Å². The van der Waals surface area contributed by atoms with Crippen molar-refractivity contribution in [3.8, 4) is 0 Å². The number of rotatable bonds is 3. The molecule has 1 saturated heterocycles. The minimum atomic E-state index is -3.64. The summed E-state index contributed by atoms with van der Waals surface area (Å²) in [5.41, 5.74) is 1.50. The lowest BCUT2D eigenvalue weighted by molar-refractivity contribution is 0.384. The summed E-state index contributed by atoms with van der Waals surface area (Å²) >= 11 is 6.03. The fourth-order valence-electron chi connectivity index (χ4n) is 3.43. The number of aromatic nitrogens is 3. The Hall–Kier alpha value is -2.29. The number of piperazine rings is 1. The number of sulfonamides is 1. The fourth-order valence-corrected chi connectivity index (χ4v) is 5.23. The largest absolute Gasteiger partial charge is 0.354 e. The first kappa shape index (κ1) is 19.0. The van der Waals surface area contributed by atoms with Gasteiger partial charge in [-0.2, -0.15) is 4.31 Å². The van der Waals surface area contributed by atoms with Crippen molar-refractivity contribution in [3.63, 3.8) is 0 Å². The molecule has 0 amide bonds. The van der Waals surface area contributed by atoms with E-state index in [1.165, 1.54) is 4.31 Å². The lowest BCUT2D eigenvalue weighted by Crippen LogP contribution is -2.49. The number of benzene rings is 1. The van der Waals surface area contributed by atoms with Crippen molar-refractivity contribution < 1.29 is 8.42 Å². The average Bonchev–Trinajstić information content (AvgIpc) is 2.66. The number of halogens is 1. The third-order valence-corrected chi connectivity index (χ3v) is 6.91. The highest BCUT2D eigenvalue weighted by Gasteiger charge is 2.30. The Morgan fingerprint density at radius 3 is 2.50 bits per heavy atom. The van der Waals surface area contributed by atoms with E-state index in [0.717, 1.165) is 16.8 Å². The van der Waals surface area contributed by atoms with E-state index in [-0.39, 0.29) is 4.90 Å². The molecular weight excluding hydrogens is 398 g/mol. The lowest BCUT2D eigenvalue weighted by atomic mass is 10.2. The Balaban J connectivity index is 1.59. The van der Waals surface area contributed by atoms with Gasteiger partial charge in [0.05, 0.1) is 5.52 Å². The predicted molar refractivity (Wildman–Crippen MR) is 109 cm³/mol. The molecular formula is C19H20ClN5O2S. The summed E-state index contributed by atoms with van der Waals surface area (Å²) in [7, 11) is -3.64. The van der Waals surface area contributed by atoms with E-state index in [1.54, 1.807) is 31.3 Å². The maximum atomic E-state index is 13.3. The molecule has 0 saturated carbocycles. The molecule has 146 valence electrons. The molecule has 0 spiro atoms. The van der Waals surface area contributed by atoms with Gasteiger partial charge in [-0.3, -0.25) is 4.98 Å². The summed E-state index contributed by atoms with van der Waals surface area (Å²) in [6, 6.07) is 8.92. The highest BCUT2D eigenvalue weighted by molar-refractivity contribution is 7.89. The number of aryl methyl sites for hydroxylation is 2. The molecule has 9 heteroatoms. The van der Waals surface area contributed by atoms with Crippen LogP contribution in [0.2, 0.25) is 5.15 Å². The van der Waals surface area contributed by atoms with Crippen LogP contribution < -0.4 is 4.90 Å². The number of nitrogens with zero attached hydrogens (tertiary/aromatic N) is 5. The van der Waals surface area contributed by atoms with E-state index >= 15 is 0 Å². The molecule has 28 heavy (non-hydrogen) atoms. The van der Waals surface area contributed by atoms with Gasteiger partial charge in [-0.1, -0.05) is 23.7 Å². The van der Waals surface area contributed by atoms with Crippen molar-refractivity contribution in [1.29, 1.82) is 0 Å². The number of hydrogen-bond acceptors (Lipinski definition) is 6. The molecule has 4 rings (SSSR count). The van der Waals surface area contributed by atoms with Crippen molar-refractivity contribution in [1.82, 2.24) is 19.3 Å². The minimum absolute atomic E-state index is 0.249. The molecule has 0 bridgehead atoms. The van der Waals surface area contributed by atoms with Crippen LogP contribution >= 0.6 is 11.6 Å². The van der Waals surface area contributed by atoms with Crippen molar-refractivity contribution in [2.24, 2.45) is 0 Å². The zero-order chi connectivity index (χ0) is 19.9. The van der Waals surface area contributed by atoms with Crippen molar-refractivity contribution >= 4 is 38.3 Å². The smallest absolute Gasteiger partial charge is 0.245 e. The van der Waals surface area contributed by atoms with E-state index in [4.69, 9.17) is 11.6 Å². The van der Waals surface area contributed by atoms with Gasteiger partial charge >= 0.3 is 0 Å². The summed E-state index contributed by atoms with van der Waals surface area (Å²) in [5.74, 6) is 1.31. The number of anilines is 1. The second kappa shape index (κ2) is 7.27. The third-order valence-electron chi connectivity index (χ3n) is 4.78. The maximum Gasteiger partial charge on any atom is 0.245 e. The highest BCUT2D eigenvalue weighted by Crippen LogP contribution is 2.26. The first-order valence-corrected chi connectivity index (χ1v) is 10.8. The summed E-state index contributed by atoms with van der Waals surface area (Å²) in [6.07, 6.45) is 1.69. The van der Waals surface area contributed by atoms with Crippen LogP contribution in [0.15, 0.2) is 41.4 Å². The van der Waals surface area contributed by atoms with Gasteiger partial charge in [0, 0.05) is 43.8 Å². The van der Waals surface area contributed by atoms with Gasteiger partial charge in [-0.05, 0) is 31.5 Å². The quantitative estimate of drug-likeness (QED) is 0.610. The van der Waals surface area contributed by atoms with E-state index < -0.39 is 10.0 Å². The molecule has 3 heterocycles. The molecule has 1 aliphatic rings. The standard InChI is InChI=1S/C19H20ClN5O2S/c1-13-10-15-4-3-5-16(19(15)21-12-13)28(26,27)25-8-6-24(7-9-25)18-11-17(20)22-14(2)23-18/h3-5,10-12H,6-9H2,1-2H3. The zero-order valence-electron chi connectivity index (χ0n) is 15.6. The first-order chi connectivity index (χ1) is 13.3. The van der Waals surface area contributed by atoms with Crippen LogP contribution in [0, 0.1) is 13.8 Å². The molecule has 2 aromatic heterocycles. The fraction of sp³-hybridized carbons (Fsp3) is 0.316. The van der Waals surface area contributed by atoms with Gasteiger partial charge in [0.15, 0.2) is 0 Å². The van der Waals surface area contributed by atoms with Crippen LogP contribution in [0.5, 0.6) is 0 Å². The molecule has 0 radical (unpaired) electrons. The van der Waals surface area contributed by atoms with Gasteiger partial charge < -0.3 is 4.90 Å². The van der Waals surface area contributed by atoms with E-state index in [9.17, 15) is 8.42 Å². The van der Waals surface area contributed by atoms with Crippen LogP contribution in [0.25, 0.3) is 10.9 Å². The summed E-state index contributed by atoms with van der Waals surface area (Å²) in [4.78, 5) is 15.1. The van der Waals surface area contributed by atoms with E-state index in [2.05, 4.69) is 15.0 Å². The molecule has 1 fully saturated rings. The highest BCUT2D eigenvalue weighted by atomic mass is 35.5. The Morgan fingerprint density at radius 2 is 1.79 bits per heavy atom. The molecule has 7 nitrogen and oxygen atoms in total. The van der Waals surface area contributed by atoms with Crippen LogP contribution in [0.1, 0.15) is 11.4 Å². The van der Waals surface area contributed by atoms with Gasteiger partial charge in [-0.25, -0.2) is 18.4 Å². The van der Waals surface area contributed by atoms with Gasteiger partial charge in [-0.15, -0.1) is 0 Å². The third kappa shape index (κ3) is 3.55. The lowest BCUT2D eigenvalue weighted by Gasteiger charge is -2.34. The SMILES string of the molecule is Cc1cnc2c(S(=O)(=O)N3CCN(c4cc(Cl)nc(C)n4)CC3)cccc2c1. The number of pyridine rings is 1. The molecule has 0 aliphatic carbocycles. The van der Waals surface area contributed by atoms with E-state index in [1.807, 2.05) is 24.0 Å². The first-order valence-electron chi connectivity index (χ1n) is 8.96. The monoisotopic (exact) mass is 417 g/mol. The van der Waals surface area contributed by atoms with Crippen LogP contribution in [-0.4, -0.2) is 53.9 Å². The van der Waals surface area contributed by atoms with Crippen LogP contribution in [-0.2, 0) is 10.0 Å². The van der Waals surface area contributed by atoms with Crippen molar-refractivity contribution in [3.05, 3.63) is 53.1 Å². The summed E-state index contributed by atoms with van der Waals surface area (Å²) in [5, 5.41) is 1.21. The topological polar surface area (TPSA) is 79.3 Å². The average molecular weight is 418 g/mol. The minimum Gasteiger partial charge on any atom is -0.354 e. The van der Waals surface area contributed by atoms with Gasteiger partial charge in [0.2, 0.25) is 10.0 Å².